The van der Waals surface area contributed by atoms with Gasteiger partial charge in [0.25, 0.3) is 0 Å². The molecule has 2 aromatic rings. The topological polar surface area (TPSA) is 82.6 Å². The highest BCUT2D eigenvalue weighted by molar-refractivity contribution is 5.89. The van der Waals surface area contributed by atoms with E-state index in [1.165, 1.54) is 0 Å². The van der Waals surface area contributed by atoms with Gasteiger partial charge in [-0.1, -0.05) is 0 Å². The summed E-state index contributed by atoms with van der Waals surface area (Å²) in [5.74, 6) is 0.286. The van der Waals surface area contributed by atoms with E-state index in [2.05, 4.69) is 4.98 Å². The summed E-state index contributed by atoms with van der Waals surface area (Å²) >= 11 is 0. The van der Waals surface area contributed by atoms with Gasteiger partial charge in [-0.3, -0.25) is 9.59 Å². The summed E-state index contributed by atoms with van der Waals surface area (Å²) in [6.45, 7) is 1.28. The first-order chi connectivity index (χ1) is 11.6. The molecule has 0 saturated carbocycles. The Morgan fingerprint density at radius 2 is 2.08 bits per heavy atom. The Labute approximate surface area is 140 Å². The lowest BCUT2D eigenvalue weighted by Gasteiger charge is -2.31. The van der Waals surface area contributed by atoms with Crippen molar-refractivity contribution in [2.75, 3.05) is 20.2 Å². The van der Waals surface area contributed by atoms with Gasteiger partial charge in [0.05, 0.1) is 13.5 Å². The van der Waals surface area contributed by atoms with Crippen molar-refractivity contribution in [2.24, 2.45) is 5.92 Å². The predicted molar refractivity (Wildman–Crippen MR) is 90.1 cm³/mol. The zero-order valence-corrected chi connectivity index (χ0v) is 13.7. The Morgan fingerprint density at radius 3 is 2.75 bits per heavy atom. The summed E-state index contributed by atoms with van der Waals surface area (Å²) in [7, 11) is 1.62. The first-order valence-electron chi connectivity index (χ1n) is 8.20. The third-order valence-corrected chi connectivity index (χ3v) is 4.75. The van der Waals surface area contributed by atoms with Crippen LogP contribution in [-0.4, -0.2) is 47.1 Å². The van der Waals surface area contributed by atoms with E-state index >= 15 is 0 Å². The number of carboxylic acids is 1. The van der Waals surface area contributed by atoms with Crippen LogP contribution in [0.3, 0.4) is 0 Å². The van der Waals surface area contributed by atoms with Crippen molar-refractivity contribution in [3.8, 4) is 5.75 Å². The number of aliphatic carboxylic acids is 1. The van der Waals surface area contributed by atoms with Gasteiger partial charge in [0.2, 0.25) is 5.91 Å². The van der Waals surface area contributed by atoms with Crippen LogP contribution in [-0.2, 0) is 16.0 Å². The lowest BCUT2D eigenvalue weighted by molar-refractivity contribution is -0.138. The van der Waals surface area contributed by atoms with Crippen LogP contribution in [0.2, 0.25) is 0 Å². The average Bonchev–Trinajstić information content (AvgIpc) is 2.97. The maximum Gasteiger partial charge on any atom is 0.303 e. The fraction of sp³-hybridized carbons (Fsp3) is 0.444. The molecule has 3 rings (SSSR count). The largest absolute Gasteiger partial charge is 0.497 e. The van der Waals surface area contributed by atoms with Crippen LogP contribution in [0.4, 0.5) is 0 Å². The van der Waals surface area contributed by atoms with Gasteiger partial charge in [-0.15, -0.1) is 0 Å². The van der Waals surface area contributed by atoms with Crippen molar-refractivity contribution in [3.05, 3.63) is 30.0 Å². The number of nitrogens with zero attached hydrogens (tertiary/aromatic N) is 1. The van der Waals surface area contributed by atoms with E-state index in [0.29, 0.717) is 19.5 Å². The summed E-state index contributed by atoms with van der Waals surface area (Å²) in [6.07, 6.45) is 3.94. The molecule has 2 heterocycles. The van der Waals surface area contributed by atoms with Gasteiger partial charge < -0.3 is 19.7 Å². The van der Waals surface area contributed by atoms with E-state index in [1.807, 2.05) is 29.3 Å². The van der Waals surface area contributed by atoms with Crippen LogP contribution < -0.4 is 4.74 Å². The van der Waals surface area contributed by atoms with Gasteiger partial charge in [-0.2, -0.15) is 0 Å². The molecule has 0 unspecified atom stereocenters. The first kappa shape index (κ1) is 16.4. The fourth-order valence-electron chi connectivity index (χ4n) is 3.34. The molecule has 6 nitrogen and oxygen atoms in total. The second-order valence-corrected chi connectivity index (χ2v) is 6.32. The van der Waals surface area contributed by atoms with Crippen LogP contribution in [0.25, 0.3) is 10.9 Å². The number of nitrogens with one attached hydrogen (secondary N) is 1. The minimum Gasteiger partial charge on any atom is -0.497 e. The number of likely N-dealkylation sites (tertiary alicyclic amines) is 1. The quantitative estimate of drug-likeness (QED) is 0.882. The number of aromatic nitrogens is 1. The number of ether oxygens (including phenoxy) is 1. The molecule has 24 heavy (non-hydrogen) atoms. The zero-order valence-electron chi connectivity index (χ0n) is 13.7. The molecule has 1 amide bonds. The van der Waals surface area contributed by atoms with Crippen molar-refractivity contribution in [2.45, 2.75) is 25.7 Å². The summed E-state index contributed by atoms with van der Waals surface area (Å²) in [6, 6.07) is 5.77. The van der Waals surface area contributed by atoms with E-state index in [1.54, 1.807) is 7.11 Å². The monoisotopic (exact) mass is 330 g/mol. The summed E-state index contributed by atoms with van der Waals surface area (Å²) in [4.78, 5) is 28.4. The lowest BCUT2D eigenvalue weighted by atomic mass is 9.93. The van der Waals surface area contributed by atoms with Crippen molar-refractivity contribution in [3.63, 3.8) is 0 Å². The molecule has 128 valence electrons. The van der Waals surface area contributed by atoms with Crippen LogP contribution >= 0.6 is 0 Å². The van der Waals surface area contributed by atoms with Gasteiger partial charge in [-0.25, -0.2) is 0 Å². The number of carbonyl (C=O) groups excluding carboxylic acids is 1. The van der Waals surface area contributed by atoms with Crippen LogP contribution in [0.5, 0.6) is 5.75 Å². The molecule has 1 aromatic heterocycles. The third kappa shape index (κ3) is 3.53. The van der Waals surface area contributed by atoms with Crippen molar-refractivity contribution < 1.29 is 19.4 Å². The average molecular weight is 330 g/mol. The number of fused-ring (bicyclic) bond motifs is 1. The Hall–Kier alpha value is -2.50. The molecule has 2 N–H and O–H groups in total. The number of amides is 1. The molecule has 0 radical (unpaired) electrons. The number of benzene rings is 1. The number of carboxylic acid groups (broad SMARTS) is 1. The van der Waals surface area contributed by atoms with Gasteiger partial charge in [0.1, 0.15) is 5.75 Å². The fourth-order valence-corrected chi connectivity index (χ4v) is 3.34. The van der Waals surface area contributed by atoms with Crippen LogP contribution in [0, 0.1) is 5.92 Å². The van der Waals surface area contributed by atoms with E-state index in [4.69, 9.17) is 9.84 Å². The number of aromatic amines is 1. The van der Waals surface area contributed by atoms with Gasteiger partial charge in [-0.05, 0) is 42.5 Å². The van der Waals surface area contributed by atoms with E-state index in [9.17, 15) is 9.59 Å². The van der Waals surface area contributed by atoms with Crippen LogP contribution in [0.15, 0.2) is 24.4 Å². The SMILES string of the molecule is COc1ccc2[nH]cc(CC(=O)N3CCC(CC(=O)O)CC3)c2c1. The third-order valence-electron chi connectivity index (χ3n) is 4.75. The Kier molecular flexibility index (Phi) is 4.74. The van der Waals surface area contributed by atoms with E-state index in [-0.39, 0.29) is 18.2 Å². The molecule has 1 aliphatic heterocycles. The highest BCUT2D eigenvalue weighted by atomic mass is 16.5. The Bertz CT molecular complexity index is 745. The van der Waals surface area contributed by atoms with Crippen LogP contribution in [0.1, 0.15) is 24.8 Å². The molecule has 0 spiro atoms. The second kappa shape index (κ2) is 6.95. The highest BCUT2D eigenvalue weighted by Crippen LogP contribution is 2.25. The van der Waals surface area contributed by atoms with Crippen molar-refractivity contribution in [1.82, 2.24) is 9.88 Å². The minimum absolute atomic E-state index is 0.0903. The number of piperidine rings is 1. The smallest absolute Gasteiger partial charge is 0.303 e. The molecule has 1 aromatic carbocycles. The highest BCUT2D eigenvalue weighted by Gasteiger charge is 2.24. The number of H-pyrrole nitrogens is 1. The Balaban J connectivity index is 1.64. The number of methoxy groups -OCH3 is 1. The molecular formula is C18H22N2O4. The first-order valence-corrected chi connectivity index (χ1v) is 8.20. The second-order valence-electron chi connectivity index (χ2n) is 6.32. The molecule has 6 heteroatoms. The number of rotatable bonds is 5. The molecular weight excluding hydrogens is 308 g/mol. The molecule has 1 aliphatic rings. The van der Waals surface area contributed by atoms with Gasteiger partial charge >= 0.3 is 5.97 Å². The number of hydrogen-bond acceptors (Lipinski definition) is 3. The molecule has 0 atom stereocenters. The van der Waals surface area contributed by atoms with Gasteiger partial charge in [0, 0.05) is 36.6 Å². The number of hydrogen-bond donors (Lipinski definition) is 2. The molecule has 0 aliphatic carbocycles. The number of carbonyl (C=O) groups is 2. The molecule has 0 bridgehead atoms. The standard InChI is InChI=1S/C18H22N2O4/c1-24-14-2-3-16-15(10-14)13(11-19-16)9-17(21)20-6-4-12(5-7-20)8-18(22)23/h2-3,10-12,19H,4-9H2,1H3,(H,22,23). The van der Waals surface area contributed by atoms with Crippen molar-refractivity contribution >= 4 is 22.8 Å². The molecule has 1 fully saturated rings. The normalized spacial score (nSPS) is 15.6. The maximum absolute atomic E-state index is 12.6. The summed E-state index contributed by atoms with van der Waals surface area (Å²) in [5, 5.41) is 9.86. The maximum atomic E-state index is 12.6. The summed E-state index contributed by atoms with van der Waals surface area (Å²) in [5.41, 5.74) is 1.94. The summed E-state index contributed by atoms with van der Waals surface area (Å²) < 4.78 is 5.25. The van der Waals surface area contributed by atoms with E-state index < -0.39 is 5.97 Å². The predicted octanol–water partition coefficient (Wildman–Crippen LogP) is 2.43. The lowest BCUT2D eigenvalue weighted by Crippen LogP contribution is -2.39. The van der Waals surface area contributed by atoms with Crippen molar-refractivity contribution in [1.29, 1.82) is 0 Å². The Morgan fingerprint density at radius 1 is 1.33 bits per heavy atom. The van der Waals surface area contributed by atoms with E-state index in [0.717, 1.165) is 35.1 Å². The zero-order chi connectivity index (χ0) is 17.1. The minimum atomic E-state index is -0.757. The van der Waals surface area contributed by atoms with Gasteiger partial charge in [0.15, 0.2) is 0 Å². The molecule has 1 saturated heterocycles.